The maximum atomic E-state index is 12.6. The summed E-state index contributed by atoms with van der Waals surface area (Å²) < 4.78 is 0.959. The molecule has 0 aliphatic carbocycles. The van der Waals surface area contributed by atoms with E-state index in [0.29, 0.717) is 10.6 Å². The van der Waals surface area contributed by atoms with Crippen LogP contribution in [0.15, 0.2) is 56.4 Å². The third-order valence-electron chi connectivity index (χ3n) is 4.98. The van der Waals surface area contributed by atoms with Crippen LogP contribution in [0, 0.1) is 25.2 Å². The van der Waals surface area contributed by atoms with Crippen molar-refractivity contribution in [2.75, 3.05) is 17.3 Å². The zero-order chi connectivity index (χ0) is 22.5. The van der Waals surface area contributed by atoms with Crippen LogP contribution in [-0.4, -0.2) is 23.8 Å². The van der Waals surface area contributed by atoms with Crippen LogP contribution in [0.25, 0.3) is 0 Å². The summed E-state index contributed by atoms with van der Waals surface area (Å²) in [5, 5.41) is 16.0. The highest BCUT2D eigenvalue weighted by Gasteiger charge is 2.30. The molecule has 5 nitrogen and oxygen atoms in total. The lowest BCUT2D eigenvalue weighted by atomic mass is 9.87. The number of carbonyl (C=O) groups is 2. The van der Waals surface area contributed by atoms with Gasteiger partial charge in [-0.15, -0.1) is 11.8 Å². The van der Waals surface area contributed by atoms with E-state index in [4.69, 9.17) is 0 Å². The fourth-order valence-corrected chi connectivity index (χ4v) is 5.45. The summed E-state index contributed by atoms with van der Waals surface area (Å²) in [5.74, 6) is -0.561. The molecule has 0 radical (unpaired) electrons. The lowest BCUT2D eigenvalue weighted by Gasteiger charge is -2.25. The number of hydrogen-bond acceptors (Lipinski definition) is 5. The van der Waals surface area contributed by atoms with Crippen LogP contribution in [-0.2, 0) is 9.59 Å². The minimum absolute atomic E-state index is 0.0911. The number of nitrogens with zero attached hydrogens (tertiary/aromatic N) is 1. The van der Waals surface area contributed by atoms with Crippen LogP contribution < -0.4 is 10.6 Å². The molecule has 3 rings (SSSR count). The maximum Gasteiger partial charge on any atom is 0.234 e. The first-order chi connectivity index (χ1) is 14.8. The number of aryl methyl sites for hydroxylation is 2. The highest BCUT2D eigenvalue weighted by atomic mass is 79.9. The molecule has 0 aromatic heterocycles. The van der Waals surface area contributed by atoms with Crippen LogP contribution in [0.4, 0.5) is 5.69 Å². The first-order valence-electron chi connectivity index (χ1n) is 9.59. The van der Waals surface area contributed by atoms with Crippen LogP contribution >= 0.6 is 39.5 Å². The predicted molar refractivity (Wildman–Crippen MR) is 131 cm³/mol. The second kappa shape index (κ2) is 10.4. The van der Waals surface area contributed by atoms with E-state index in [1.807, 2.05) is 56.5 Å². The summed E-state index contributed by atoms with van der Waals surface area (Å²) in [4.78, 5) is 26.0. The van der Waals surface area contributed by atoms with Gasteiger partial charge in [-0.3, -0.25) is 9.59 Å². The third-order valence-corrected chi connectivity index (χ3v) is 7.20. The zero-order valence-corrected chi connectivity index (χ0v) is 20.6. The molecule has 0 unspecified atom stereocenters. The average Bonchev–Trinajstić information content (AvgIpc) is 2.74. The van der Waals surface area contributed by atoms with Gasteiger partial charge < -0.3 is 10.6 Å². The van der Waals surface area contributed by atoms with E-state index in [-0.39, 0.29) is 29.9 Å². The third kappa shape index (κ3) is 5.73. The maximum absolute atomic E-state index is 12.6. The van der Waals surface area contributed by atoms with Crippen LogP contribution in [0.5, 0.6) is 0 Å². The number of benzene rings is 2. The molecular weight excluding hydrogens is 494 g/mol. The lowest BCUT2D eigenvalue weighted by Crippen LogP contribution is -2.31. The lowest BCUT2D eigenvalue weighted by molar-refractivity contribution is -0.121. The predicted octanol–water partition coefficient (Wildman–Crippen LogP) is 5.50. The van der Waals surface area contributed by atoms with Gasteiger partial charge in [-0.2, -0.15) is 5.26 Å². The number of halogens is 1. The van der Waals surface area contributed by atoms with Crippen LogP contribution in [0.3, 0.4) is 0 Å². The van der Waals surface area contributed by atoms with Crippen molar-refractivity contribution in [2.24, 2.45) is 0 Å². The molecule has 1 aliphatic rings. The molecule has 0 spiro atoms. The Morgan fingerprint density at radius 3 is 2.48 bits per heavy atom. The number of amides is 2. The summed E-state index contributed by atoms with van der Waals surface area (Å²) in [5.41, 5.74) is 4.12. The van der Waals surface area contributed by atoms with Gasteiger partial charge in [0.1, 0.15) is 0 Å². The van der Waals surface area contributed by atoms with Gasteiger partial charge in [0.15, 0.2) is 0 Å². The molecule has 1 aliphatic heterocycles. The van der Waals surface area contributed by atoms with Gasteiger partial charge in [0.2, 0.25) is 11.8 Å². The Kier molecular flexibility index (Phi) is 7.87. The van der Waals surface area contributed by atoms with E-state index in [1.54, 1.807) is 11.8 Å². The Hall–Kier alpha value is -2.21. The van der Waals surface area contributed by atoms with Gasteiger partial charge in [0.05, 0.1) is 22.4 Å². The van der Waals surface area contributed by atoms with E-state index < -0.39 is 0 Å². The molecule has 1 heterocycles. The molecule has 2 amide bonds. The molecule has 0 bridgehead atoms. The highest BCUT2D eigenvalue weighted by molar-refractivity contribution is 9.10. The van der Waals surface area contributed by atoms with Gasteiger partial charge in [-0.25, -0.2) is 0 Å². The fraction of sp³-hybridized carbons (Fsp3) is 0.261. The van der Waals surface area contributed by atoms with Crippen molar-refractivity contribution in [3.8, 4) is 6.07 Å². The van der Waals surface area contributed by atoms with Crippen molar-refractivity contribution in [3.05, 3.63) is 68.2 Å². The summed E-state index contributed by atoms with van der Waals surface area (Å²) in [6.07, 6.45) is 2.22. The molecule has 160 valence electrons. The Morgan fingerprint density at radius 1 is 1.26 bits per heavy atom. The zero-order valence-electron chi connectivity index (χ0n) is 17.4. The van der Waals surface area contributed by atoms with Crippen molar-refractivity contribution >= 4 is 57.0 Å². The summed E-state index contributed by atoms with van der Waals surface area (Å²) in [6, 6.07) is 14.0. The SMILES string of the molecule is CSc1ccc([C@H]2CC(=O)NC(SCC(=O)Nc3c(C)cc(Br)cc3C)=C2C#N)cc1. The number of nitrogens with one attached hydrogen (secondary N) is 2. The number of allylic oxidation sites excluding steroid dienone is 1. The molecule has 8 heteroatoms. The van der Waals surface area contributed by atoms with E-state index >= 15 is 0 Å². The first kappa shape index (κ1) is 23.5. The molecule has 2 aromatic carbocycles. The molecule has 1 atom stereocenters. The number of hydrogen-bond donors (Lipinski definition) is 2. The Labute approximate surface area is 199 Å². The van der Waals surface area contributed by atoms with E-state index in [2.05, 4.69) is 32.6 Å². The Bertz CT molecular complexity index is 1070. The highest BCUT2D eigenvalue weighted by Crippen LogP contribution is 2.36. The van der Waals surface area contributed by atoms with Crippen molar-refractivity contribution in [1.29, 1.82) is 5.26 Å². The second-order valence-corrected chi connectivity index (χ2v) is 9.97. The topological polar surface area (TPSA) is 82.0 Å². The molecule has 2 aromatic rings. The van der Waals surface area contributed by atoms with E-state index in [0.717, 1.165) is 31.7 Å². The number of rotatable bonds is 6. The quantitative estimate of drug-likeness (QED) is 0.496. The van der Waals surface area contributed by atoms with Crippen LogP contribution in [0.2, 0.25) is 0 Å². The molecule has 31 heavy (non-hydrogen) atoms. The van der Waals surface area contributed by atoms with E-state index in [9.17, 15) is 14.9 Å². The smallest absolute Gasteiger partial charge is 0.234 e. The van der Waals surface area contributed by atoms with Gasteiger partial charge in [0, 0.05) is 27.4 Å². The minimum atomic E-state index is -0.309. The molecule has 2 N–H and O–H groups in total. The molecular formula is C23H22BrN3O2S2. The summed E-state index contributed by atoms with van der Waals surface area (Å²) in [6.45, 7) is 3.87. The number of nitriles is 1. The Morgan fingerprint density at radius 2 is 1.90 bits per heavy atom. The van der Waals surface area contributed by atoms with Gasteiger partial charge in [0.25, 0.3) is 0 Å². The molecule has 0 fully saturated rings. The summed E-state index contributed by atoms with van der Waals surface area (Å²) >= 11 is 6.27. The van der Waals surface area contributed by atoms with Gasteiger partial charge >= 0.3 is 0 Å². The largest absolute Gasteiger partial charge is 0.325 e. The van der Waals surface area contributed by atoms with Crippen molar-refractivity contribution in [1.82, 2.24) is 5.32 Å². The van der Waals surface area contributed by atoms with Crippen molar-refractivity contribution in [3.63, 3.8) is 0 Å². The second-order valence-electron chi connectivity index (χ2n) is 7.18. The number of anilines is 1. The van der Waals surface area contributed by atoms with E-state index in [1.165, 1.54) is 11.8 Å². The minimum Gasteiger partial charge on any atom is -0.325 e. The average molecular weight is 516 g/mol. The summed E-state index contributed by atoms with van der Waals surface area (Å²) in [7, 11) is 0. The van der Waals surface area contributed by atoms with Gasteiger partial charge in [-0.05, 0) is 61.1 Å². The number of carbonyl (C=O) groups excluding carboxylic acids is 2. The normalized spacial score (nSPS) is 16.0. The van der Waals surface area contributed by atoms with Crippen LogP contribution in [0.1, 0.15) is 29.0 Å². The monoisotopic (exact) mass is 515 g/mol. The van der Waals surface area contributed by atoms with Crippen molar-refractivity contribution < 1.29 is 9.59 Å². The molecule has 0 saturated heterocycles. The molecule has 0 saturated carbocycles. The Balaban J connectivity index is 1.77. The first-order valence-corrected chi connectivity index (χ1v) is 12.6. The van der Waals surface area contributed by atoms with Crippen molar-refractivity contribution in [2.45, 2.75) is 31.1 Å². The number of thioether (sulfide) groups is 2. The standard InChI is InChI=1S/C23H22BrN3O2S2/c1-13-8-16(24)9-14(2)22(13)26-21(29)12-31-23-19(11-25)18(10-20(28)27-23)15-4-6-17(30-3)7-5-15/h4-9,18H,10,12H2,1-3H3,(H,26,29)(H,27,28)/t18-/m1/s1. The fourth-order valence-electron chi connectivity index (χ4n) is 3.48. The van der Waals surface area contributed by atoms with Gasteiger partial charge in [-0.1, -0.05) is 39.8 Å².